The highest BCUT2D eigenvalue weighted by atomic mass is 35.5. The Kier molecular flexibility index (Phi) is 6.37. The summed E-state index contributed by atoms with van der Waals surface area (Å²) in [7, 11) is 0. The van der Waals surface area contributed by atoms with Crippen molar-refractivity contribution in [1.82, 2.24) is 15.4 Å². The normalized spacial score (nSPS) is 13.7. The zero-order valence-corrected chi connectivity index (χ0v) is 15.4. The summed E-state index contributed by atoms with van der Waals surface area (Å²) in [4.78, 5) is 7.10. The average Bonchev–Trinajstić information content (AvgIpc) is 2.47. The van der Waals surface area contributed by atoms with E-state index in [9.17, 15) is 13.2 Å². The monoisotopic (exact) mass is 430 g/mol. The predicted octanol–water partition coefficient (Wildman–Crippen LogP) is 5.71. The minimum absolute atomic E-state index is 0.135. The molecule has 11 heteroatoms. The first-order valence-corrected chi connectivity index (χ1v) is 8.14. The highest BCUT2D eigenvalue weighted by molar-refractivity contribution is 6.35. The van der Waals surface area contributed by atoms with Crippen LogP contribution in [0.1, 0.15) is 24.2 Å². The Morgan fingerprint density at radius 1 is 1.20 bits per heavy atom. The van der Waals surface area contributed by atoms with Gasteiger partial charge in [-0.3, -0.25) is 0 Å². The van der Waals surface area contributed by atoms with Gasteiger partial charge in [0.05, 0.1) is 12.2 Å². The number of hydrogen-bond donors (Lipinski definition) is 1. The number of nitrogens with one attached hydrogen (secondary N) is 1. The van der Waals surface area contributed by atoms with Crippen LogP contribution in [0.2, 0.25) is 20.4 Å². The van der Waals surface area contributed by atoms with E-state index < -0.39 is 28.8 Å². The molecule has 0 saturated carbocycles. The first kappa shape index (κ1) is 20.0. The highest BCUT2D eigenvalue weighted by Gasteiger charge is 2.40. The lowest BCUT2D eigenvalue weighted by Gasteiger charge is -2.16. The van der Waals surface area contributed by atoms with Crippen LogP contribution in [0.4, 0.5) is 13.2 Å². The van der Waals surface area contributed by atoms with Crippen LogP contribution < -0.4 is 5.43 Å². The maximum atomic E-state index is 13.3. The molecule has 0 saturated heterocycles. The van der Waals surface area contributed by atoms with Crippen molar-refractivity contribution in [2.45, 2.75) is 19.1 Å². The Hall–Kier alpha value is -1.28. The Morgan fingerprint density at radius 2 is 1.88 bits per heavy atom. The van der Waals surface area contributed by atoms with Gasteiger partial charge >= 0.3 is 6.18 Å². The van der Waals surface area contributed by atoms with Gasteiger partial charge in [-0.05, 0) is 24.6 Å². The summed E-state index contributed by atoms with van der Waals surface area (Å²) < 4.78 is 39.9. The van der Waals surface area contributed by atoms with Crippen molar-refractivity contribution in [2.75, 3.05) is 0 Å². The zero-order chi connectivity index (χ0) is 18.8. The molecule has 0 amide bonds. The molecule has 2 aromatic rings. The molecule has 25 heavy (non-hydrogen) atoms. The van der Waals surface area contributed by atoms with E-state index in [0.717, 1.165) is 6.20 Å². The van der Waals surface area contributed by atoms with Crippen LogP contribution >= 0.6 is 46.4 Å². The summed E-state index contributed by atoms with van der Waals surface area (Å²) >= 11 is 23.1. The summed E-state index contributed by atoms with van der Waals surface area (Å²) in [5, 5.41) is 3.47. The third kappa shape index (κ3) is 5.10. The van der Waals surface area contributed by atoms with Crippen molar-refractivity contribution >= 4 is 52.1 Å². The molecule has 1 aromatic heterocycles. The summed E-state index contributed by atoms with van der Waals surface area (Å²) in [5.41, 5.74) is 0.932. The van der Waals surface area contributed by atoms with Gasteiger partial charge in [0.25, 0.3) is 0 Å². The third-order valence-electron chi connectivity index (χ3n) is 2.99. The van der Waals surface area contributed by atoms with E-state index in [4.69, 9.17) is 46.4 Å². The molecule has 0 aliphatic carbocycles. The molecule has 1 heterocycles. The molecule has 1 N–H and O–H groups in total. The largest absolute Gasteiger partial charge is 0.437 e. The van der Waals surface area contributed by atoms with Crippen LogP contribution in [0.3, 0.4) is 0 Å². The second-order valence-corrected chi connectivity index (χ2v) is 6.40. The number of benzene rings is 1. The first-order valence-electron chi connectivity index (χ1n) is 6.63. The van der Waals surface area contributed by atoms with E-state index in [-0.39, 0.29) is 5.15 Å². The summed E-state index contributed by atoms with van der Waals surface area (Å²) in [6.45, 7) is 1.59. The fourth-order valence-corrected chi connectivity index (χ4v) is 2.82. The topological polar surface area (TPSA) is 50.2 Å². The average molecular weight is 432 g/mol. The van der Waals surface area contributed by atoms with Crippen molar-refractivity contribution in [2.24, 2.45) is 5.10 Å². The van der Waals surface area contributed by atoms with Gasteiger partial charge in [-0.15, -0.1) is 0 Å². The molecule has 1 unspecified atom stereocenters. The second kappa shape index (κ2) is 7.95. The lowest BCUT2D eigenvalue weighted by atomic mass is 10.1. The van der Waals surface area contributed by atoms with Crippen LogP contribution in [-0.2, 0) is 0 Å². The quantitative estimate of drug-likeness (QED) is 0.498. The number of halogens is 7. The lowest BCUT2D eigenvalue weighted by Crippen LogP contribution is -2.29. The van der Waals surface area contributed by atoms with Gasteiger partial charge in [0.1, 0.15) is 10.8 Å². The number of rotatable bonds is 4. The van der Waals surface area contributed by atoms with Crippen molar-refractivity contribution < 1.29 is 13.2 Å². The zero-order valence-electron chi connectivity index (χ0n) is 12.4. The Bertz CT molecular complexity index is 811. The Balaban J connectivity index is 2.35. The fourth-order valence-electron chi connectivity index (χ4n) is 1.84. The first-order chi connectivity index (χ1) is 11.6. The molecule has 2 rings (SSSR count). The molecule has 0 aliphatic heterocycles. The van der Waals surface area contributed by atoms with E-state index in [1.165, 1.54) is 6.07 Å². The van der Waals surface area contributed by atoms with Crippen molar-refractivity contribution in [1.29, 1.82) is 0 Å². The molecule has 0 aliphatic rings. The van der Waals surface area contributed by atoms with Crippen LogP contribution in [0.5, 0.6) is 0 Å². The molecular formula is C14H9Cl4F3N4. The smallest absolute Gasteiger partial charge is 0.302 e. The molecule has 0 bridgehead atoms. The Morgan fingerprint density at radius 3 is 2.44 bits per heavy atom. The molecule has 0 spiro atoms. The van der Waals surface area contributed by atoms with E-state index in [1.807, 2.05) is 0 Å². The minimum atomic E-state index is -4.82. The number of aromatic nitrogens is 2. The highest BCUT2D eigenvalue weighted by Crippen LogP contribution is 2.28. The lowest BCUT2D eigenvalue weighted by molar-refractivity contribution is -0.0587. The number of nitrogens with zero attached hydrogens (tertiary/aromatic N) is 3. The molecule has 1 aromatic carbocycles. The standard InChI is InChI=1S/C14H9Cl4F3N4/c1-6(8-3-2-7(15)4-9(8)16)24-25-12(14(19,20)21)11-13(18)23-10(17)5-22-11/h2-6,24H,1H3/b25-12-. The van der Waals surface area contributed by atoms with E-state index in [2.05, 4.69) is 20.5 Å². The van der Waals surface area contributed by atoms with Crippen molar-refractivity contribution in [3.05, 3.63) is 56.0 Å². The molecular weight excluding hydrogens is 423 g/mol. The maximum absolute atomic E-state index is 13.3. The molecule has 0 fully saturated rings. The van der Waals surface area contributed by atoms with Crippen LogP contribution in [0.15, 0.2) is 29.5 Å². The van der Waals surface area contributed by atoms with Gasteiger partial charge in [-0.1, -0.05) is 52.5 Å². The van der Waals surface area contributed by atoms with Gasteiger partial charge in [0.15, 0.2) is 10.9 Å². The van der Waals surface area contributed by atoms with Crippen LogP contribution in [-0.4, -0.2) is 21.9 Å². The van der Waals surface area contributed by atoms with E-state index in [1.54, 1.807) is 19.1 Å². The van der Waals surface area contributed by atoms with Gasteiger partial charge in [0.2, 0.25) is 0 Å². The third-order valence-corrected chi connectivity index (χ3v) is 4.00. The fraction of sp³-hybridized carbons (Fsp3) is 0.214. The summed E-state index contributed by atoms with van der Waals surface area (Å²) in [5.74, 6) is 0. The van der Waals surface area contributed by atoms with Crippen LogP contribution in [0.25, 0.3) is 0 Å². The van der Waals surface area contributed by atoms with Gasteiger partial charge in [-0.25, -0.2) is 9.97 Å². The van der Waals surface area contributed by atoms with E-state index >= 15 is 0 Å². The Labute approximate surface area is 161 Å². The van der Waals surface area contributed by atoms with Crippen LogP contribution in [0, 0.1) is 0 Å². The molecule has 0 radical (unpaired) electrons. The number of hydrogen-bond acceptors (Lipinski definition) is 4. The molecule has 4 nitrogen and oxygen atoms in total. The minimum Gasteiger partial charge on any atom is -0.302 e. The SMILES string of the molecule is CC(N/N=C(/c1ncc(Cl)nc1Cl)C(F)(F)F)c1ccc(Cl)cc1Cl. The van der Waals surface area contributed by atoms with Gasteiger partial charge < -0.3 is 5.43 Å². The predicted molar refractivity (Wildman–Crippen MR) is 92.7 cm³/mol. The van der Waals surface area contributed by atoms with Gasteiger partial charge in [0, 0.05) is 10.0 Å². The van der Waals surface area contributed by atoms with Gasteiger partial charge in [-0.2, -0.15) is 18.3 Å². The number of hydrazone groups is 1. The molecule has 1 atom stereocenters. The summed E-state index contributed by atoms with van der Waals surface area (Å²) in [6, 6.07) is 3.99. The summed E-state index contributed by atoms with van der Waals surface area (Å²) in [6.07, 6.45) is -3.87. The van der Waals surface area contributed by atoms with Crippen molar-refractivity contribution in [3.8, 4) is 0 Å². The number of alkyl halides is 3. The van der Waals surface area contributed by atoms with E-state index in [0.29, 0.717) is 15.6 Å². The maximum Gasteiger partial charge on any atom is 0.437 e. The molecule has 134 valence electrons. The van der Waals surface area contributed by atoms with Crippen molar-refractivity contribution in [3.63, 3.8) is 0 Å². The second-order valence-electron chi connectivity index (χ2n) is 4.81.